The van der Waals surface area contributed by atoms with E-state index in [9.17, 15) is 10.1 Å². The Balaban J connectivity index is 0.000000417. The van der Waals surface area contributed by atoms with Crippen LogP contribution in [-0.4, -0.2) is 72.6 Å². The number of ether oxygens (including phenoxy) is 2. The van der Waals surface area contributed by atoms with Crippen molar-refractivity contribution in [3.63, 3.8) is 0 Å². The molecule has 10 heteroatoms. The van der Waals surface area contributed by atoms with E-state index >= 15 is 0 Å². The van der Waals surface area contributed by atoms with Crippen LogP contribution in [0.2, 0.25) is 0 Å². The standard InChI is InChI=1S/C25H23N5O3.C6H14N2/c1-4-27-12-15-7-18(14-28-13-15)19-8-16(5-6-17(19)11-26)24(31)25-29-20-9-22(32-2)23(33-3)10-21(20)30-25;1-8-4-2-6(7)3-5-8/h5-10,13-14,27H,4,12H2,1-3H3,(H,29,30);6H,2-5,7H2,1H3. The van der Waals surface area contributed by atoms with Crippen molar-refractivity contribution in [3.8, 4) is 28.7 Å². The lowest BCUT2D eigenvalue weighted by atomic mass is 9.96. The lowest BCUT2D eigenvalue weighted by Crippen LogP contribution is -2.37. The molecule has 41 heavy (non-hydrogen) atoms. The zero-order valence-electron chi connectivity index (χ0n) is 24.0. The maximum Gasteiger partial charge on any atom is 0.228 e. The molecular formula is C31H37N7O3. The molecule has 1 aliphatic rings. The van der Waals surface area contributed by atoms with Crippen molar-refractivity contribution in [1.82, 2.24) is 25.2 Å². The molecule has 1 aliphatic heterocycles. The molecule has 4 aromatic rings. The SMILES string of the molecule is CCNCc1cncc(-c2cc(C(=O)c3nc4cc(OC)c(OC)cc4[nH]3)ccc2C#N)c1.CN1CCC(N)CC1. The number of H-pyrrole nitrogens is 1. The van der Waals surface area contributed by atoms with Gasteiger partial charge in [0.1, 0.15) is 0 Å². The lowest BCUT2D eigenvalue weighted by Gasteiger charge is -2.25. The number of nitriles is 1. The van der Waals surface area contributed by atoms with Crippen LogP contribution in [0.5, 0.6) is 11.5 Å². The Kier molecular flexibility index (Phi) is 10.0. The van der Waals surface area contributed by atoms with Crippen molar-refractivity contribution in [3.05, 3.63) is 71.3 Å². The number of hydrogen-bond acceptors (Lipinski definition) is 9. The third-order valence-corrected chi connectivity index (χ3v) is 7.05. The minimum absolute atomic E-state index is 0.190. The number of carbonyl (C=O) groups excluding carboxylic acids is 1. The summed E-state index contributed by atoms with van der Waals surface area (Å²) in [6, 6.07) is 13.1. The quantitative estimate of drug-likeness (QED) is 0.276. The van der Waals surface area contributed by atoms with Gasteiger partial charge < -0.3 is 30.4 Å². The largest absolute Gasteiger partial charge is 0.493 e. The third kappa shape index (κ3) is 7.27. The van der Waals surface area contributed by atoms with E-state index in [0.29, 0.717) is 51.8 Å². The van der Waals surface area contributed by atoms with Gasteiger partial charge in [-0.05, 0) is 69.4 Å². The minimum Gasteiger partial charge on any atom is -0.493 e. The number of piperidine rings is 1. The van der Waals surface area contributed by atoms with E-state index in [0.717, 1.165) is 17.7 Å². The van der Waals surface area contributed by atoms with Gasteiger partial charge >= 0.3 is 0 Å². The molecule has 0 atom stereocenters. The van der Waals surface area contributed by atoms with Crippen molar-refractivity contribution >= 4 is 16.8 Å². The predicted octanol–water partition coefficient (Wildman–Crippen LogP) is 3.89. The first-order valence-corrected chi connectivity index (χ1v) is 13.7. The predicted molar refractivity (Wildman–Crippen MR) is 159 cm³/mol. The van der Waals surface area contributed by atoms with E-state index in [1.165, 1.54) is 25.9 Å². The molecule has 0 amide bonds. The summed E-state index contributed by atoms with van der Waals surface area (Å²) in [5, 5.41) is 12.9. The fourth-order valence-corrected chi connectivity index (χ4v) is 4.63. The first kappa shape index (κ1) is 29.7. The zero-order valence-corrected chi connectivity index (χ0v) is 24.0. The second-order valence-electron chi connectivity index (χ2n) is 10.0. The van der Waals surface area contributed by atoms with Gasteiger partial charge in [0.2, 0.25) is 5.78 Å². The first-order chi connectivity index (χ1) is 19.9. The number of methoxy groups -OCH3 is 2. The molecule has 1 saturated heterocycles. The number of nitrogens with one attached hydrogen (secondary N) is 2. The van der Waals surface area contributed by atoms with Crippen LogP contribution >= 0.6 is 0 Å². The first-order valence-electron chi connectivity index (χ1n) is 13.7. The molecule has 0 spiro atoms. The highest BCUT2D eigenvalue weighted by atomic mass is 16.5. The van der Waals surface area contributed by atoms with Crippen LogP contribution < -0.4 is 20.5 Å². The Morgan fingerprint density at radius 1 is 1.15 bits per heavy atom. The van der Waals surface area contributed by atoms with Gasteiger partial charge in [-0.1, -0.05) is 6.92 Å². The Morgan fingerprint density at radius 2 is 1.88 bits per heavy atom. The third-order valence-electron chi connectivity index (χ3n) is 7.05. The number of pyridine rings is 1. The molecular weight excluding hydrogens is 518 g/mol. The zero-order chi connectivity index (χ0) is 29.4. The second kappa shape index (κ2) is 13.9. The summed E-state index contributed by atoms with van der Waals surface area (Å²) in [6.07, 6.45) is 5.83. The molecule has 2 aromatic carbocycles. The average molecular weight is 556 g/mol. The summed E-state index contributed by atoms with van der Waals surface area (Å²) in [5.41, 5.74) is 10.2. The molecule has 0 unspecified atom stereocenters. The van der Waals surface area contributed by atoms with E-state index in [2.05, 4.69) is 38.3 Å². The van der Waals surface area contributed by atoms with Crippen LogP contribution in [0.4, 0.5) is 0 Å². The van der Waals surface area contributed by atoms with Crippen molar-refractivity contribution in [1.29, 1.82) is 5.26 Å². The lowest BCUT2D eigenvalue weighted by molar-refractivity contribution is 0.103. The molecule has 2 aromatic heterocycles. The Bertz CT molecular complexity index is 1480. The Morgan fingerprint density at radius 3 is 2.54 bits per heavy atom. The van der Waals surface area contributed by atoms with Gasteiger partial charge in [-0.25, -0.2) is 4.98 Å². The number of fused-ring (bicyclic) bond motifs is 1. The van der Waals surface area contributed by atoms with Crippen molar-refractivity contribution in [2.75, 3.05) is 40.9 Å². The fraction of sp³-hybridized carbons (Fsp3) is 0.355. The highest BCUT2D eigenvalue weighted by Crippen LogP contribution is 2.32. The number of hydrogen-bond donors (Lipinski definition) is 3. The number of nitrogens with zero attached hydrogens (tertiary/aromatic N) is 4. The van der Waals surface area contributed by atoms with E-state index in [-0.39, 0.29) is 11.6 Å². The summed E-state index contributed by atoms with van der Waals surface area (Å²) in [5.74, 6) is 0.973. The number of benzene rings is 2. The number of ketones is 1. The summed E-state index contributed by atoms with van der Waals surface area (Å²) in [7, 11) is 5.24. The molecule has 214 valence electrons. The number of imidazole rings is 1. The van der Waals surface area contributed by atoms with Crippen LogP contribution in [0.3, 0.4) is 0 Å². The van der Waals surface area contributed by atoms with Crippen LogP contribution in [-0.2, 0) is 6.54 Å². The molecule has 10 nitrogen and oxygen atoms in total. The molecule has 0 bridgehead atoms. The fourth-order valence-electron chi connectivity index (χ4n) is 4.63. The van der Waals surface area contributed by atoms with Crippen molar-refractivity contribution < 1.29 is 14.3 Å². The van der Waals surface area contributed by atoms with Gasteiger partial charge in [0, 0.05) is 53.8 Å². The van der Waals surface area contributed by atoms with Gasteiger partial charge in [-0.3, -0.25) is 9.78 Å². The second-order valence-corrected chi connectivity index (χ2v) is 10.0. The van der Waals surface area contributed by atoms with E-state index < -0.39 is 0 Å². The molecule has 0 saturated carbocycles. The van der Waals surface area contributed by atoms with Crippen molar-refractivity contribution in [2.24, 2.45) is 5.73 Å². The maximum atomic E-state index is 13.3. The Hall–Kier alpha value is -4.30. The molecule has 3 heterocycles. The number of aromatic nitrogens is 3. The van der Waals surface area contributed by atoms with E-state index in [1.54, 1.807) is 56.9 Å². The topological polar surface area (TPSA) is 142 Å². The molecule has 4 N–H and O–H groups in total. The smallest absolute Gasteiger partial charge is 0.228 e. The summed E-state index contributed by atoms with van der Waals surface area (Å²) >= 11 is 0. The average Bonchev–Trinajstić information content (AvgIpc) is 3.43. The van der Waals surface area contributed by atoms with Crippen LogP contribution in [0, 0.1) is 11.3 Å². The normalized spacial score (nSPS) is 13.8. The molecule has 5 rings (SSSR count). The molecule has 1 fully saturated rings. The monoisotopic (exact) mass is 555 g/mol. The van der Waals surface area contributed by atoms with Crippen LogP contribution in [0.25, 0.3) is 22.2 Å². The summed E-state index contributed by atoms with van der Waals surface area (Å²) < 4.78 is 10.6. The molecule has 0 radical (unpaired) electrons. The van der Waals surface area contributed by atoms with E-state index in [1.807, 2.05) is 13.0 Å². The summed E-state index contributed by atoms with van der Waals surface area (Å²) in [4.78, 5) is 27.4. The Labute approximate surface area is 240 Å². The number of nitrogens with two attached hydrogens (primary N) is 1. The van der Waals surface area contributed by atoms with Gasteiger partial charge in [-0.2, -0.15) is 5.26 Å². The van der Waals surface area contributed by atoms with Gasteiger partial charge in [0.05, 0.1) is 36.9 Å². The van der Waals surface area contributed by atoms with Gasteiger partial charge in [0.15, 0.2) is 17.3 Å². The molecule has 0 aliphatic carbocycles. The van der Waals surface area contributed by atoms with Crippen LogP contribution in [0.15, 0.2) is 48.8 Å². The van der Waals surface area contributed by atoms with Crippen molar-refractivity contribution in [2.45, 2.75) is 32.4 Å². The highest BCUT2D eigenvalue weighted by molar-refractivity contribution is 6.08. The number of aromatic amines is 1. The van der Waals surface area contributed by atoms with E-state index in [4.69, 9.17) is 15.2 Å². The minimum atomic E-state index is -0.286. The summed E-state index contributed by atoms with van der Waals surface area (Å²) in [6.45, 7) is 5.91. The maximum absolute atomic E-state index is 13.3. The number of carbonyl (C=O) groups is 1. The van der Waals surface area contributed by atoms with Gasteiger partial charge in [0.25, 0.3) is 0 Å². The van der Waals surface area contributed by atoms with Gasteiger partial charge in [-0.15, -0.1) is 0 Å². The number of rotatable bonds is 8. The van der Waals surface area contributed by atoms with Crippen LogP contribution in [0.1, 0.15) is 47.1 Å². The number of likely N-dealkylation sites (tertiary alicyclic amines) is 1. The highest BCUT2D eigenvalue weighted by Gasteiger charge is 2.18.